The summed E-state index contributed by atoms with van der Waals surface area (Å²) in [6, 6.07) is 0. The Labute approximate surface area is 205 Å². The maximum Gasteiger partial charge on any atom is 0.146 e. The summed E-state index contributed by atoms with van der Waals surface area (Å²) in [6.45, 7) is 0. The first-order chi connectivity index (χ1) is 11.9. The number of alkyl halides is 6. The van der Waals surface area contributed by atoms with Crippen molar-refractivity contribution in [1.82, 2.24) is 0 Å². The van der Waals surface area contributed by atoms with Crippen molar-refractivity contribution >= 4 is 115 Å². The van der Waals surface area contributed by atoms with Crippen LogP contribution in [-0.4, -0.2) is 66.8 Å². The topological polar surface area (TPSA) is 130 Å². The normalized spacial score (nSPS) is 10.8. The van der Waals surface area contributed by atoms with E-state index in [9.17, 15) is 29.7 Å². The Morgan fingerprint density at radius 1 is 0.852 bits per heavy atom. The van der Waals surface area contributed by atoms with E-state index in [1.165, 1.54) is 0 Å². The van der Waals surface area contributed by atoms with Gasteiger partial charge < -0.3 is 34.4 Å². The smallest absolute Gasteiger partial charge is 0.146 e. The van der Waals surface area contributed by atoms with Gasteiger partial charge in [-0.2, -0.15) is 0 Å². The molecule has 27 heavy (non-hydrogen) atoms. The van der Waals surface area contributed by atoms with Crippen LogP contribution in [0.1, 0.15) is 0 Å². The first-order valence-corrected chi connectivity index (χ1v) is 8.45. The van der Waals surface area contributed by atoms with Gasteiger partial charge in [-0.05, 0) is 18.2 Å². The summed E-state index contributed by atoms with van der Waals surface area (Å²) in [5.41, 5.74) is 2.89. The van der Waals surface area contributed by atoms with Gasteiger partial charge in [0.15, 0.2) is 0 Å². The number of methoxy groups -OCH3 is 1. The van der Waals surface area contributed by atoms with E-state index in [1.54, 1.807) is 7.11 Å². The Morgan fingerprint density at radius 3 is 1.26 bits per heavy atom. The molecule has 0 amide bonds. The number of allylic oxidation sites excluding steroid dienone is 2. The number of aliphatic carboxylic acids is 3. The van der Waals surface area contributed by atoms with Crippen molar-refractivity contribution in [3.05, 3.63) is 36.1 Å². The number of halogens is 6. The van der Waals surface area contributed by atoms with Crippen LogP contribution < -0.4 is 15.3 Å². The Balaban J connectivity index is -0.000000131. The van der Waals surface area contributed by atoms with Crippen molar-refractivity contribution in [3.8, 4) is 0 Å². The van der Waals surface area contributed by atoms with E-state index >= 15 is 0 Å². The molecule has 1 aliphatic carbocycles. The average Bonchev–Trinajstić information content (AvgIpc) is 2.57. The molecule has 153 valence electrons. The Bertz CT molecular complexity index is 488. The number of carboxylic acids is 3. The molecule has 0 aromatic carbocycles. The second kappa shape index (κ2) is 22.4. The minimum Gasteiger partial charge on any atom is -0.547 e. The third-order valence-corrected chi connectivity index (χ3v) is 2.53. The average molecular weight is 698 g/mol. The molecule has 0 saturated carbocycles. The standard InChI is InChI=1S/C7H7O.3C2H2Cl2O2.Pb/c1-8-7-5-3-2-4-6-7;3*3-1(4)2(5)6;/h3-6H,1H3;3*1H,(H,5,6);/p-3. The van der Waals surface area contributed by atoms with Crippen molar-refractivity contribution < 1.29 is 34.4 Å². The van der Waals surface area contributed by atoms with Crippen molar-refractivity contribution in [2.24, 2.45) is 0 Å². The first kappa shape index (κ1) is 34.6. The van der Waals surface area contributed by atoms with Gasteiger partial charge in [0.2, 0.25) is 0 Å². The van der Waals surface area contributed by atoms with E-state index in [1.807, 2.05) is 24.6 Å². The molecule has 5 radical (unpaired) electrons. The molecule has 0 spiro atoms. The Hall–Kier alpha value is 0.132. The molecule has 0 saturated heterocycles. The molecule has 0 atom stereocenters. The molecule has 0 N–H and O–H groups in total. The molecule has 7 nitrogen and oxygen atoms in total. The Morgan fingerprint density at radius 2 is 1.15 bits per heavy atom. The van der Waals surface area contributed by atoms with Gasteiger partial charge >= 0.3 is 0 Å². The van der Waals surface area contributed by atoms with Crippen LogP contribution in [0, 0.1) is 6.42 Å². The second-order valence-electron chi connectivity index (χ2n) is 3.30. The predicted octanol–water partition coefficient (Wildman–Crippen LogP) is -0.315. The number of carbonyl (C=O) groups is 3. The molecular formula is C13H10Cl6O7Pb-3. The SMILES string of the molecule is COC1=CC=C=C[CH]1.O=C([O-])C(Cl)Cl.O=C([O-])C(Cl)Cl.O=C([O-])C(Cl)Cl.[Pb]. The Kier molecular flexibility index (Phi) is 28.8. The van der Waals surface area contributed by atoms with E-state index in [0.717, 1.165) is 5.76 Å². The first-order valence-electron chi connectivity index (χ1n) is 5.83. The van der Waals surface area contributed by atoms with Crippen molar-refractivity contribution in [2.45, 2.75) is 14.5 Å². The molecule has 0 bridgehead atoms. The molecule has 1 rings (SSSR count). The van der Waals surface area contributed by atoms with Crippen LogP contribution in [0.2, 0.25) is 0 Å². The quantitative estimate of drug-likeness (QED) is 0.224. The van der Waals surface area contributed by atoms with Crippen LogP contribution in [0.15, 0.2) is 29.7 Å². The van der Waals surface area contributed by atoms with Crippen LogP contribution in [-0.2, 0) is 19.1 Å². The van der Waals surface area contributed by atoms with Gasteiger partial charge in [-0.25, -0.2) is 0 Å². The fourth-order valence-electron chi connectivity index (χ4n) is 0.508. The largest absolute Gasteiger partial charge is 0.547 e. The molecule has 0 aromatic heterocycles. The molecule has 0 unspecified atom stereocenters. The van der Waals surface area contributed by atoms with Crippen LogP contribution in [0.5, 0.6) is 0 Å². The van der Waals surface area contributed by atoms with Crippen LogP contribution in [0.4, 0.5) is 0 Å². The second-order valence-corrected chi connectivity index (χ2v) is 6.59. The van der Waals surface area contributed by atoms with Crippen molar-refractivity contribution in [1.29, 1.82) is 0 Å². The minimum absolute atomic E-state index is 0. The van der Waals surface area contributed by atoms with Gasteiger partial charge in [0.05, 0.1) is 31.4 Å². The zero-order chi connectivity index (χ0) is 21.3. The summed E-state index contributed by atoms with van der Waals surface area (Å²) >= 11 is 28.3. The van der Waals surface area contributed by atoms with E-state index in [2.05, 4.69) is 5.73 Å². The van der Waals surface area contributed by atoms with Crippen LogP contribution in [0.25, 0.3) is 0 Å². The van der Waals surface area contributed by atoms with E-state index < -0.39 is 32.4 Å². The van der Waals surface area contributed by atoms with Crippen molar-refractivity contribution in [2.75, 3.05) is 7.11 Å². The minimum atomic E-state index is -1.46. The zero-order valence-corrected chi connectivity index (χ0v) is 21.6. The van der Waals surface area contributed by atoms with E-state index in [0.29, 0.717) is 0 Å². The maximum atomic E-state index is 9.32. The van der Waals surface area contributed by atoms with E-state index in [-0.39, 0.29) is 27.3 Å². The summed E-state index contributed by atoms with van der Waals surface area (Å²) in [5, 5.41) is 28.0. The third-order valence-electron chi connectivity index (χ3n) is 1.46. The number of hydrogen-bond donors (Lipinski definition) is 0. The number of carbonyl (C=O) groups excluding carboxylic acids is 3. The van der Waals surface area contributed by atoms with E-state index in [4.69, 9.17) is 74.3 Å². The fraction of sp³-hybridized carbons (Fsp3) is 0.308. The van der Waals surface area contributed by atoms with Crippen LogP contribution in [0.3, 0.4) is 0 Å². The van der Waals surface area contributed by atoms with Gasteiger partial charge in [-0.15, -0.1) is 5.73 Å². The summed E-state index contributed by atoms with van der Waals surface area (Å²) in [4.78, 5) is 23.8. The summed E-state index contributed by atoms with van der Waals surface area (Å²) in [5.74, 6) is -3.50. The van der Waals surface area contributed by atoms with Gasteiger partial charge in [-0.3, -0.25) is 0 Å². The fourth-order valence-corrected chi connectivity index (χ4v) is 0.508. The molecule has 14 heteroatoms. The predicted molar refractivity (Wildman–Crippen MR) is 99.3 cm³/mol. The number of hydrogen-bond acceptors (Lipinski definition) is 7. The third kappa shape index (κ3) is 31.1. The molecule has 0 aromatic rings. The molecule has 0 heterocycles. The summed E-state index contributed by atoms with van der Waals surface area (Å²) in [6.07, 6.45) is 7.36. The van der Waals surface area contributed by atoms with Gasteiger partial charge in [-0.1, -0.05) is 69.6 Å². The molecule has 1 aliphatic rings. The number of carboxylic acid groups (broad SMARTS) is 3. The zero-order valence-electron chi connectivity index (χ0n) is 13.2. The number of ether oxygens (including phenoxy) is 1. The molecular weight excluding hydrogens is 688 g/mol. The summed E-state index contributed by atoms with van der Waals surface area (Å²) < 4.78 is 4.89. The number of rotatable bonds is 4. The van der Waals surface area contributed by atoms with Gasteiger partial charge in [0, 0.05) is 27.3 Å². The maximum absolute atomic E-state index is 9.32. The van der Waals surface area contributed by atoms with Gasteiger partial charge in [0.1, 0.15) is 20.3 Å². The molecule has 0 aliphatic heterocycles. The van der Waals surface area contributed by atoms with Crippen molar-refractivity contribution in [3.63, 3.8) is 0 Å². The van der Waals surface area contributed by atoms with Crippen LogP contribution >= 0.6 is 69.6 Å². The van der Waals surface area contributed by atoms with Gasteiger partial charge in [0.25, 0.3) is 0 Å². The monoisotopic (exact) mass is 696 g/mol. The summed E-state index contributed by atoms with van der Waals surface area (Å²) in [7, 11) is 1.65. The molecule has 0 fully saturated rings.